The van der Waals surface area contributed by atoms with Crippen LogP contribution in [-0.2, 0) is 19.3 Å². The molecule has 2 fully saturated rings. The molecule has 2 aromatic rings. The van der Waals surface area contributed by atoms with Crippen LogP contribution in [0.5, 0.6) is 0 Å². The molecule has 0 radical (unpaired) electrons. The fourth-order valence-corrected chi connectivity index (χ4v) is 8.57. The highest BCUT2D eigenvalue weighted by atomic mass is 35.5. The van der Waals surface area contributed by atoms with Crippen LogP contribution >= 0.6 is 23.2 Å². The van der Waals surface area contributed by atoms with Crippen molar-refractivity contribution < 1.29 is 18.9 Å². The lowest BCUT2D eigenvalue weighted by Gasteiger charge is -2.53. The minimum atomic E-state index is -3.04. The van der Waals surface area contributed by atoms with Gasteiger partial charge in [-0.2, -0.15) is 0 Å². The third kappa shape index (κ3) is 7.98. The number of hydrogen-bond acceptors (Lipinski definition) is 5. The Morgan fingerprint density at radius 1 is 1.05 bits per heavy atom. The summed E-state index contributed by atoms with van der Waals surface area (Å²) >= 11 is 12.8. The predicted octanol–water partition coefficient (Wildman–Crippen LogP) is 7.35. The van der Waals surface area contributed by atoms with Crippen LogP contribution in [0.1, 0.15) is 96.2 Å². The Kier molecular flexibility index (Phi) is 11.1. The van der Waals surface area contributed by atoms with Crippen LogP contribution in [0.3, 0.4) is 0 Å². The van der Waals surface area contributed by atoms with Crippen LogP contribution in [0.25, 0.3) is 0 Å². The lowest BCUT2D eigenvalue weighted by molar-refractivity contribution is -0.158. The minimum Gasteiger partial charge on any atom is -0.393 e. The maximum atomic E-state index is 14.9. The van der Waals surface area contributed by atoms with Gasteiger partial charge in [0.2, 0.25) is 11.8 Å². The average molecular weight is 665 g/mol. The molecule has 10 heteroatoms. The highest BCUT2D eigenvalue weighted by molar-refractivity contribution is 7.93. The first-order valence-corrected chi connectivity index (χ1v) is 18.2. The van der Waals surface area contributed by atoms with Gasteiger partial charge < -0.3 is 15.3 Å². The number of amides is 2. The van der Waals surface area contributed by atoms with Gasteiger partial charge in [0, 0.05) is 49.4 Å². The molecule has 4 rings (SSSR count). The molecule has 1 unspecified atom stereocenters. The Bertz CT molecular complexity index is 1420. The molecule has 2 aromatic carbocycles. The number of piperidine rings is 1. The van der Waals surface area contributed by atoms with E-state index in [9.17, 15) is 18.9 Å². The number of carbonyl (C=O) groups excluding carboxylic acids is 2. The van der Waals surface area contributed by atoms with E-state index in [4.69, 9.17) is 28.0 Å². The summed E-state index contributed by atoms with van der Waals surface area (Å²) in [7, 11) is -3.04. The number of nitrogens with zero attached hydrogens (tertiary/aromatic N) is 1. The van der Waals surface area contributed by atoms with E-state index in [1.807, 2.05) is 74.2 Å². The van der Waals surface area contributed by atoms with E-state index in [2.05, 4.69) is 5.32 Å². The molecular weight excluding hydrogens is 617 g/mol. The normalized spacial score (nSPS) is 28.1. The first kappa shape index (κ1) is 34.7. The Labute approximate surface area is 273 Å². The van der Waals surface area contributed by atoms with Gasteiger partial charge in [-0.1, -0.05) is 82.1 Å². The zero-order chi connectivity index (χ0) is 32.4. The zero-order valence-electron chi connectivity index (χ0n) is 26.4. The summed E-state index contributed by atoms with van der Waals surface area (Å²) in [4.78, 5) is 30.3. The highest BCUT2D eigenvalue weighted by Gasteiger charge is 2.53. The van der Waals surface area contributed by atoms with E-state index in [1.54, 1.807) is 13.8 Å². The molecule has 1 aliphatic carbocycles. The van der Waals surface area contributed by atoms with Crippen molar-refractivity contribution in [2.75, 3.05) is 5.75 Å². The molecule has 7 nitrogen and oxygen atoms in total. The highest BCUT2D eigenvalue weighted by Crippen LogP contribution is 2.52. The van der Waals surface area contributed by atoms with Gasteiger partial charge in [-0.3, -0.25) is 14.4 Å². The average Bonchev–Trinajstić information content (AvgIpc) is 2.95. The van der Waals surface area contributed by atoms with Crippen LogP contribution in [0.15, 0.2) is 48.5 Å². The third-order valence-electron chi connectivity index (χ3n) is 9.51. The number of aliphatic hydroxyl groups is 1. The summed E-state index contributed by atoms with van der Waals surface area (Å²) in [5.74, 6) is -0.680. The number of aliphatic hydroxyl groups excluding tert-OH is 1. The largest absolute Gasteiger partial charge is 0.393 e. The number of nitrogens with one attached hydrogen (secondary N) is 2. The molecule has 1 heterocycles. The van der Waals surface area contributed by atoms with Crippen molar-refractivity contribution in [3.63, 3.8) is 0 Å². The summed E-state index contributed by atoms with van der Waals surface area (Å²) in [5.41, 5.74) is 0.759. The Hall–Kier alpha value is -2.13. The van der Waals surface area contributed by atoms with E-state index in [0.29, 0.717) is 42.1 Å². The van der Waals surface area contributed by atoms with E-state index in [-0.39, 0.29) is 53.2 Å². The second-order valence-electron chi connectivity index (χ2n) is 13.6. The van der Waals surface area contributed by atoms with Crippen molar-refractivity contribution in [3.05, 3.63) is 69.7 Å². The SMILES string of the molecule is CC(C)[C@@H](CS(=N)(=O)C(C)C)N1C(=O)[C@@](C)(CC(=O)NC2CCC(O)CC2)C[C@H](c2cccc(Cl)c2)[C@H]1c1ccc(Cl)cc1. The van der Waals surface area contributed by atoms with E-state index in [1.165, 1.54) is 0 Å². The fourth-order valence-electron chi connectivity index (χ4n) is 6.80. The maximum absolute atomic E-state index is 14.9. The molecule has 1 aliphatic heterocycles. The number of halogens is 2. The molecule has 5 atom stereocenters. The molecule has 242 valence electrons. The van der Waals surface area contributed by atoms with Gasteiger partial charge in [-0.15, -0.1) is 0 Å². The van der Waals surface area contributed by atoms with Crippen LogP contribution < -0.4 is 5.32 Å². The van der Waals surface area contributed by atoms with Gasteiger partial charge in [0.25, 0.3) is 0 Å². The van der Waals surface area contributed by atoms with Crippen molar-refractivity contribution in [2.45, 2.75) is 109 Å². The van der Waals surface area contributed by atoms with Crippen molar-refractivity contribution in [3.8, 4) is 0 Å². The van der Waals surface area contributed by atoms with Crippen molar-refractivity contribution in [2.24, 2.45) is 11.3 Å². The molecular formula is C34H47Cl2N3O4S. The Balaban J connectivity index is 1.83. The molecule has 2 aliphatic rings. The van der Waals surface area contributed by atoms with Crippen molar-refractivity contribution in [1.82, 2.24) is 10.2 Å². The van der Waals surface area contributed by atoms with Crippen LogP contribution in [-0.4, -0.2) is 55.2 Å². The summed E-state index contributed by atoms with van der Waals surface area (Å²) in [6, 6.07) is 14.1. The van der Waals surface area contributed by atoms with Gasteiger partial charge in [0.05, 0.1) is 23.3 Å². The second kappa shape index (κ2) is 14.1. The molecule has 0 bridgehead atoms. The molecule has 2 amide bonds. The topological polar surface area (TPSA) is 111 Å². The fraction of sp³-hybridized carbons (Fsp3) is 0.588. The molecule has 3 N–H and O–H groups in total. The van der Waals surface area contributed by atoms with Gasteiger partial charge in [0.15, 0.2) is 0 Å². The van der Waals surface area contributed by atoms with Crippen molar-refractivity contribution >= 4 is 44.7 Å². The maximum Gasteiger partial charge on any atom is 0.229 e. The Morgan fingerprint density at radius 2 is 1.68 bits per heavy atom. The summed E-state index contributed by atoms with van der Waals surface area (Å²) < 4.78 is 22.4. The number of hydrogen-bond donors (Lipinski definition) is 3. The second-order valence-corrected chi connectivity index (χ2v) is 17.2. The number of benzene rings is 2. The van der Waals surface area contributed by atoms with E-state index < -0.39 is 27.2 Å². The van der Waals surface area contributed by atoms with Crippen LogP contribution in [0.4, 0.5) is 0 Å². The van der Waals surface area contributed by atoms with Gasteiger partial charge in [-0.25, -0.2) is 4.21 Å². The van der Waals surface area contributed by atoms with E-state index >= 15 is 0 Å². The smallest absolute Gasteiger partial charge is 0.229 e. The first-order chi connectivity index (χ1) is 20.6. The minimum absolute atomic E-state index is 0.00294. The van der Waals surface area contributed by atoms with Gasteiger partial charge in [0.1, 0.15) is 0 Å². The lowest BCUT2D eigenvalue weighted by Crippen LogP contribution is -2.59. The van der Waals surface area contributed by atoms with Crippen LogP contribution in [0, 0.1) is 16.1 Å². The molecule has 1 saturated heterocycles. The summed E-state index contributed by atoms with van der Waals surface area (Å²) in [6.07, 6.45) is 2.77. The van der Waals surface area contributed by atoms with E-state index in [0.717, 1.165) is 11.1 Å². The van der Waals surface area contributed by atoms with Crippen LogP contribution in [0.2, 0.25) is 10.0 Å². The third-order valence-corrected chi connectivity index (χ3v) is 12.4. The van der Waals surface area contributed by atoms with Gasteiger partial charge in [-0.05, 0) is 73.4 Å². The molecule has 0 spiro atoms. The summed E-state index contributed by atoms with van der Waals surface area (Å²) in [6.45, 7) is 9.43. The standard InChI is InChI=1S/C34H47Cl2N3O4S/c1-21(2)30(20-44(37,43)22(3)4)39-32(23-9-11-25(35)12-10-23)29(24-7-6-8-26(36)17-24)18-34(5,33(39)42)19-31(41)38-27-13-15-28(40)16-14-27/h6-12,17,21-22,27-30,32,37,40H,13-16,18-20H2,1-5H3,(H,38,41)/t27?,28?,29-,30-,32-,34-,44?/m1/s1. The van der Waals surface area contributed by atoms with Crippen molar-refractivity contribution in [1.29, 1.82) is 4.78 Å². The zero-order valence-corrected chi connectivity index (χ0v) is 28.7. The summed E-state index contributed by atoms with van der Waals surface area (Å²) in [5, 5.41) is 13.8. The first-order valence-electron chi connectivity index (χ1n) is 15.7. The number of likely N-dealkylation sites (tertiary alicyclic amines) is 1. The lowest BCUT2D eigenvalue weighted by atomic mass is 9.66. The Morgan fingerprint density at radius 3 is 2.25 bits per heavy atom. The quantitative estimate of drug-likeness (QED) is 0.247. The number of carbonyl (C=O) groups is 2. The molecule has 44 heavy (non-hydrogen) atoms. The predicted molar refractivity (Wildman–Crippen MR) is 178 cm³/mol. The van der Waals surface area contributed by atoms with Gasteiger partial charge >= 0.3 is 0 Å². The molecule has 0 aromatic heterocycles. The monoisotopic (exact) mass is 663 g/mol. The molecule has 1 saturated carbocycles. The number of rotatable bonds is 10.